The lowest BCUT2D eigenvalue weighted by Gasteiger charge is -2.40. The Hall–Kier alpha value is -1.06. The summed E-state index contributed by atoms with van der Waals surface area (Å²) in [5.74, 6) is 0.959. The van der Waals surface area contributed by atoms with Gasteiger partial charge in [-0.1, -0.05) is 26.0 Å². The topological polar surface area (TPSA) is 30.5 Å². The Morgan fingerprint density at radius 2 is 2.10 bits per heavy atom. The largest absolute Gasteiger partial charge is 0.496 e. The number of nitrogens with one attached hydrogen (secondary N) is 1. The van der Waals surface area contributed by atoms with E-state index in [2.05, 4.69) is 44.3 Å². The first-order valence-electron chi connectivity index (χ1n) is 8.13. The van der Waals surface area contributed by atoms with Crippen molar-refractivity contribution in [3.05, 3.63) is 29.3 Å². The second kappa shape index (κ2) is 7.28. The lowest BCUT2D eigenvalue weighted by atomic mass is 9.86. The third-order valence-electron chi connectivity index (χ3n) is 4.84. The van der Waals surface area contributed by atoms with Gasteiger partial charge in [0.1, 0.15) is 5.75 Å². The molecule has 1 aliphatic rings. The number of rotatable bonds is 6. The average molecular weight is 291 g/mol. The number of hydrogen-bond donors (Lipinski definition) is 1. The third kappa shape index (κ3) is 3.98. The smallest absolute Gasteiger partial charge is 0.121 e. The first kappa shape index (κ1) is 16.3. The van der Waals surface area contributed by atoms with Crippen LogP contribution < -0.4 is 10.1 Å². The van der Waals surface area contributed by atoms with Crippen LogP contribution in [0.25, 0.3) is 0 Å². The number of benzene rings is 1. The second-order valence-corrected chi connectivity index (χ2v) is 6.11. The molecule has 0 bridgehead atoms. The van der Waals surface area contributed by atoms with Gasteiger partial charge in [-0.2, -0.15) is 0 Å². The Morgan fingerprint density at radius 3 is 2.71 bits per heavy atom. The fourth-order valence-electron chi connectivity index (χ4n) is 3.26. The maximum atomic E-state index is 6.04. The van der Waals surface area contributed by atoms with Gasteiger partial charge in [0, 0.05) is 19.2 Å². The van der Waals surface area contributed by atoms with Crippen molar-refractivity contribution in [2.24, 2.45) is 0 Å². The lowest BCUT2D eigenvalue weighted by Crippen LogP contribution is -2.46. The van der Waals surface area contributed by atoms with E-state index < -0.39 is 0 Å². The van der Waals surface area contributed by atoms with Crippen molar-refractivity contribution in [1.29, 1.82) is 0 Å². The highest BCUT2D eigenvalue weighted by Gasteiger charge is 2.34. The monoisotopic (exact) mass is 291 g/mol. The zero-order valence-electron chi connectivity index (χ0n) is 13.9. The SMILES string of the molecule is CCC1(CC)CC(NCc2ccc(OC)c(C)c2)CCO1. The van der Waals surface area contributed by atoms with E-state index >= 15 is 0 Å². The molecule has 0 saturated carbocycles. The normalized spacial score (nSPS) is 21.2. The van der Waals surface area contributed by atoms with Crippen molar-refractivity contribution < 1.29 is 9.47 Å². The van der Waals surface area contributed by atoms with E-state index in [-0.39, 0.29) is 5.60 Å². The number of hydrogen-bond acceptors (Lipinski definition) is 3. The van der Waals surface area contributed by atoms with Crippen LogP contribution in [0.15, 0.2) is 18.2 Å². The van der Waals surface area contributed by atoms with Gasteiger partial charge in [0.25, 0.3) is 0 Å². The van der Waals surface area contributed by atoms with Gasteiger partial charge in [-0.05, 0) is 49.8 Å². The second-order valence-electron chi connectivity index (χ2n) is 6.11. The molecule has 0 amide bonds. The molecule has 0 radical (unpaired) electrons. The first-order valence-corrected chi connectivity index (χ1v) is 8.13. The predicted octanol–water partition coefficient (Wildman–Crippen LogP) is 3.83. The zero-order valence-corrected chi connectivity index (χ0v) is 13.9. The van der Waals surface area contributed by atoms with Crippen LogP contribution >= 0.6 is 0 Å². The van der Waals surface area contributed by atoms with Gasteiger partial charge in [0.15, 0.2) is 0 Å². The number of aryl methyl sites for hydroxylation is 1. The molecule has 1 atom stereocenters. The highest BCUT2D eigenvalue weighted by Crippen LogP contribution is 2.31. The van der Waals surface area contributed by atoms with Gasteiger partial charge in [0.05, 0.1) is 12.7 Å². The summed E-state index contributed by atoms with van der Waals surface area (Å²) in [5.41, 5.74) is 2.60. The highest BCUT2D eigenvalue weighted by molar-refractivity contribution is 5.36. The summed E-state index contributed by atoms with van der Waals surface area (Å²) in [7, 11) is 1.72. The number of ether oxygens (including phenoxy) is 2. The van der Waals surface area contributed by atoms with E-state index in [0.29, 0.717) is 6.04 Å². The average Bonchev–Trinajstić information content (AvgIpc) is 2.53. The van der Waals surface area contributed by atoms with Gasteiger partial charge in [-0.25, -0.2) is 0 Å². The molecule has 2 rings (SSSR count). The molecule has 118 valence electrons. The van der Waals surface area contributed by atoms with Crippen LogP contribution in [-0.2, 0) is 11.3 Å². The maximum Gasteiger partial charge on any atom is 0.121 e. The predicted molar refractivity (Wildman–Crippen MR) is 86.9 cm³/mol. The minimum atomic E-state index is 0.0890. The molecule has 1 aliphatic heterocycles. The molecular weight excluding hydrogens is 262 g/mol. The summed E-state index contributed by atoms with van der Waals surface area (Å²) in [6.07, 6.45) is 4.43. The van der Waals surface area contributed by atoms with E-state index in [4.69, 9.17) is 9.47 Å². The number of methoxy groups -OCH3 is 1. The Bertz CT molecular complexity index is 455. The Labute approximate surface area is 129 Å². The van der Waals surface area contributed by atoms with Crippen LogP contribution in [0.2, 0.25) is 0 Å². The van der Waals surface area contributed by atoms with Crippen molar-refractivity contribution in [1.82, 2.24) is 5.32 Å². The zero-order chi connectivity index (χ0) is 15.3. The van der Waals surface area contributed by atoms with Crippen LogP contribution in [0.5, 0.6) is 5.75 Å². The van der Waals surface area contributed by atoms with Gasteiger partial charge < -0.3 is 14.8 Å². The van der Waals surface area contributed by atoms with Crippen molar-refractivity contribution in [3.63, 3.8) is 0 Å². The van der Waals surface area contributed by atoms with Crippen LogP contribution in [0.1, 0.15) is 50.7 Å². The molecular formula is C18H29NO2. The standard InChI is InChI=1S/C18H29NO2/c1-5-18(6-2)12-16(9-10-21-18)19-13-15-7-8-17(20-4)14(3)11-15/h7-8,11,16,19H,5-6,9-10,12-13H2,1-4H3. The van der Waals surface area contributed by atoms with Crippen LogP contribution in [0, 0.1) is 6.92 Å². The lowest BCUT2D eigenvalue weighted by molar-refractivity contribution is -0.0932. The molecule has 1 aromatic carbocycles. The minimum absolute atomic E-state index is 0.0890. The van der Waals surface area contributed by atoms with Gasteiger partial charge in [-0.3, -0.25) is 0 Å². The van der Waals surface area contributed by atoms with E-state index in [1.165, 1.54) is 11.1 Å². The summed E-state index contributed by atoms with van der Waals surface area (Å²) in [4.78, 5) is 0. The first-order chi connectivity index (χ1) is 10.1. The highest BCUT2D eigenvalue weighted by atomic mass is 16.5. The molecule has 21 heavy (non-hydrogen) atoms. The molecule has 1 N–H and O–H groups in total. The van der Waals surface area contributed by atoms with E-state index in [1.807, 2.05) is 0 Å². The molecule has 3 heteroatoms. The molecule has 1 aromatic rings. The van der Waals surface area contributed by atoms with E-state index in [9.17, 15) is 0 Å². The summed E-state index contributed by atoms with van der Waals surface area (Å²) < 4.78 is 11.4. The van der Waals surface area contributed by atoms with Crippen molar-refractivity contribution in [2.75, 3.05) is 13.7 Å². The Kier molecular flexibility index (Phi) is 5.65. The van der Waals surface area contributed by atoms with Gasteiger partial charge >= 0.3 is 0 Å². The molecule has 1 unspecified atom stereocenters. The van der Waals surface area contributed by atoms with Crippen molar-refractivity contribution in [3.8, 4) is 5.75 Å². The van der Waals surface area contributed by atoms with Crippen LogP contribution in [-0.4, -0.2) is 25.4 Å². The van der Waals surface area contributed by atoms with Gasteiger partial charge in [-0.15, -0.1) is 0 Å². The molecule has 3 nitrogen and oxygen atoms in total. The van der Waals surface area contributed by atoms with Crippen LogP contribution in [0.4, 0.5) is 0 Å². The summed E-state index contributed by atoms with van der Waals surface area (Å²) >= 11 is 0. The molecule has 1 fully saturated rings. The molecule has 0 spiro atoms. The third-order valence-corrected chi connectivity index (χ3v) is 4.84. The van der Waals surface area contributed by atoms with E-state index in [1.54, 1.807) is 7.11 Å². The summed E-state index contributed by atoms with van der Waals surface area (Å²) in [6, 6.07) is 6.96. The molecule has 0 aliphatic carbocycles. The summed E-state index contributed by atoms with van der Waals surface area (Å²) in [6.45, 7) is 8.35. The van der Waals surface area contributed by atoms with Crippen molar-refractivity contribution in [2.45, 2.75) is 64.6 Å². The fourth-order valence-corrected chi connectivity index (χ4v) is 3.26. The maximum absolute atomic E-state index is 6.04. The quantitative estimate of drug-likeness (QED) is 0.864. The molecule has 1 saturated heterocycles. The van der Waals surface area contributed by atoms with Crippen LogP contribution in [0.3, 0.4) is 0 Å². The minimum Gasteiger partial charge on any atom is -0.496 e. The van der Waals surface area contributed by atoms with Crippen molar-refractivity contribution >= 4 is 0 Å². The van der Waals surface area contributed by atoms with Gasteiger partial charge in [0.2, 0.25) is 0 Å². The fraction of sp³-hybridized carbons (Fsp3) is 0.667. The Morgan fingerprint density at radius 1 is 1.33 bits per heavy atom. The molecule has 0 aromatic heterocycles. The summed E-state index contributed by atoms with van der Waals surface area (Å²) in [5, 5.41) is 3.71. The van der Waals surface area contributed by atoms with E-state index in [0.717, 1.165) is 44.6 Å². The molecule has 1 heterocycles. The Balaban J connectivity index is 1.92.